The highest BCUT2D eigenvalue weighted by Gasteiger charge is 2.25. The van der Waals surface area contributed by atoms with Crippen molar-refractivity contribution in [1.82, 2.24) is 4.98 Å². The topological polar surface area (TPSA) is 105 Å². The molecule has 0 unspecified atom stereocenters. The van der Waals surface area contributed by atoms with Crippen LogP contribution in [0, 0.1) is 23.0 Å². The maximum atomic E-state index is 11.0. The smallest absolute Gasteiger partial charge is 0.326 e. The number of rotatable bonds is 5. The molecule has 7 nitrogen and oxygen atoms in total. The van der Waals surface area contributed by atoms with Crippen molar-refractivity contribution in [3.8, 4) is 0 Å². The van der Waals surface area contributed by atoms with Crippen LogP contribution >= 0.6 is 0 Å². The van der Waals surface area contributed by atoms with Crippen LogP contribution in [0.3, 0.4) is 0 Å². The zero-order valence-electron chi connectivity index (χ0n) is 10.4. The molecule has 0 aromatic carbocycles. The Morgan fingerprint density at radius 2 is 2.17 bits per heavy atom. The van der Waals surface area contributed by atoms with Gasteiger partial charge in [-0.15, -0.1) is 0 Å². The Labute approximate surface area is 104 Å². The first-order chi connectivity index (χ1) is 8.32. The van der Waals surface area contributed by atoms with Gasteiger partial charge in [-0.2, -0.15) is 0 Å². The quantitative estimate of drug-likeness (QED) is 0.612. The molecule has 0 aliphatic heterocycles. The Hall–Kier alpha value is -2.18. The van der Waals surface area contributed by atoms with Gasteiger partial charge in [0.1, 0.15) is 6.04 Å². The standard InChI is InChI=1S/C11H15N3O4/c1-6(2)9(11(15)16)13-10-8(14(17)18)4-7(3)5-12-10/h4-6,9H,1-3H3,(H,12,13)(H,15,16)/t9-/m0/s1. The van der Waals surface area contributed by atoms with Crippen molar-refractivity contribution >= 4 is 17.5 Å². The van der Waals surface area contributed by atoms with E-state index in [1.54, 1.807) is 20.8 Å². The molecule has 1 aromatic rings. The lowest BCUT2D eigenvalue weighted by atomic mass is 10.0. The van der Waals surface area contributed by atoms with Gasteiger partial charge in [-0.3, -0.25) is 10.1 Å². The summed E-state index contributed by atoms with van der Waals surface area (Å²) in [6.07, 6.45) is 1.45. The number of carboxylic acid groups (broad SMARTS) is 1. The number of hydrogen-bond donors (Lipinski definition) is 2. The van der Waals surface area contributed by atoms with E-state index < -0.39 is 16.9 Å². The Morgan fingerprint density at radius 3 is 2.61 bits per heavy atom. The molecule has 7 heteroatoms. The molecule has 1 heterocycles. The zero-order chi connectivity index (χ0) is 13.9. The number of aryl methyl sites for hydroxylation is 1. The number of aromatic nitrogens is 1. The molecule has 0 radical (unpaired) electrons. The maximum absolute atomic E-state index is 11.0. The molecule has 1 atom stereocenters. The predicted molar refractivity (Wildman–Crippen MR) is 65.5 cm³/mol. The van der Waals surface area contributed by atoms with Gasteiger partial charge in [0, 0.05) is 12.3 Å². The summed E-state index contributed by atoms with van der Waals surface area (Å²) in [5.74, 6) is -1.31. The largest absolute Gasteiger partial charge is 0.480 e. The van der Waals surface area contributed by atoms with Crippen LogP contribution in [0.1, 0.15) is 19.4 Å². The molecule has 0 spiro atoms. The van der Waals surface area contributed by atoms with Crippen molar-refractivity contribution in [2.24, 2.45) is 5.92 Å². The Balaban J connectivity index is 3.10. The van der Waals surface area contributed by atoms with E-state index in [1.165, 1.54) is 12.3 Å². The molecule has 0 saturated heterocycles. The molecular formula is C11H15N3O4. The highest BCUT2D eigenvalue weighted by atomic mass is 16.6. The molecule has 98 valence electrons. The van der Waals surface area contributed by atoms with Crippen molar-refractivity contribution in [2.75, 3.05) is 5.32 Å². The van der Waals surface area contributed by atoms with E-state index in [0.717, 1.165) is 0 Å². The number of carboxylic acids is 1. The summed E-state index contributed by atoms with van der Waals surface area (Å²) in [5, 5.41) is 22.5. The van der Waals surface area contributed by atoms with Crippen molar-refractivity contribution in [2.45, 2.75) is 26.8 Å². The van der Waals surface area contributed by atoms with Gasteiger partial charge in [0.15, 0.2) is 0 Å². The summed E-state index contributed by atoms with van der Waals surface area (Å²) in [6, 6.07) is 0.438. The minimum absolute atomic E-state index is 0.0216. The van der Waals surface area contributed by atoms with Gasteiger partial charge < -0.3 is 10.4 Å². The fourth-order valence-electron chi connectivity index (χ4n) is 1.47. The molecule has 18 heavy (non-hydrogen) atoms. The minimum Gasteiger partial charge on any atom is -0.480 e. The minimum atomic E-state index is -1.07. The number of hydrogen-bond acceptors (Lipinski definition) is 5. The number of anilines is 1. The molecular weight excluding hydrogens is 238 g/mol. The second-order valence-electron chi connectivity index (χ2n) is 4.34. The molecule has 0 saturated carbocycles. The average molecular weight is 253 g/mol. The zero-order valence-corrected chi connectivity index (χ0v) is 10.4. The van der Waals surface area contributed by atoms with Gasteiger partial charge in [0.25, 0.3) is 0 Å². The van der Waals surface area contributed by atoms with E-state index in [9.17, 15) is 14.9 Å². The van der Waals surface area contributed by atoms with Crippen LogP contribution in [0.4, 0.5) is 11.5 Å². The second-order valence-corrected chi connectivity index (χ2v) is 4.34. The van der Waals surface area contributed by atoms with E-state index in [2.05, 4.69) is 10.3 Å². The third kappa shape index (κ3) is 3.16. The molecule has 1 aromatic heterocycles. The van der Waals surface area contributed by atoms with Crippen LogP contribution in [0.2, 0.25) is 0 Å². The summed E-state index contributed by atoms with van der Waals surface area (Å²) < 4.78 is 0. The molecule has 0 bridgehead atoms. The van der Waals surface area contributed by atoms with Crippen molar-refractivity contribution in [1.29, 1.82) is 0 Å². The molecule has 0 aliphatic rings. The predicted octanol–water partition coefficient (Wildman–Crippen LogP) is 1.82. The van der Waals surface area contributed by atoms with E-state index in [1.807, 2.05) is 0 Å². The Morgan fingerprint density at radius 1 is 1.56 bits per heavy atom. The number of nitrogens with one attached hydrogen (secondary N) is 1. The third-order valence-corrected chi connectivity index (χ3v) is 2.43. The molecule has 0 amide bonds. The average Bonchev–Trinajstić information content (AvgIpc) is 2.25. The summed E-state index contributed by atoms with van der Waals surface area (Å²) in [7, 11) is 0. The first-order valence-electron chi connectivity index (χ1n) is 5.43. The van der Waals surface area contributed by atoms with Crippen molar-refractivity contribution in [3.63, 3.8) is 0 Å². The number of nitro groups is 1. The van der Waals surface area contributed by atoms with Gasteiger partial charge >= 0.3 is 11.7 Å². The van der Waals surface area contributed by atoms with Crippen LogP contribution in [0.5, 0.6) is 0 Å². The van der Waals surface area contributed by atoms with Gasteiger partial charge in [-0.25, -0.2) is 9.78 Å². The lowest BCUT2D eigenvalue weighted by Gasteiger charge is -2.18. The summed E-state index contributed by atoms with van der Waals surface area (Å²) in [6.45, 7) is 5.11. The van der Waals surface area contributed by atoms with Gasteiger partial charge in [-0.1, -0.05) is 13.8 Å². The van der Waals surface area contributed by atoms with Gasteiger partial charge in [0.2, 0.25) is 5.82 Å². The maximum Gasteiger partial charge on any atom is 0.326 e. The van der Waals surface area contributed by atoms with E-state index in [4.69, 9.17) is 5.11 Å². The number of pyridine rings is 1. The Kier molecular flexibility index (Phi) is 4.19. The SMILES string of the molecule is Cc1cnc(N[C@H](C(=O)O)C(C)C)c([N+](=O)[O-])c1. The third-order valence-electron chi connectivity index (χ3n) is 2.43. The molecule has 2 N–H and O–H groups in total. The highest BCUT2D eigenvalue weighted by molar-refractivity contribution is 5.78. The van der Waals surface area contributed by atoms with Crippen molar-refractivity contribution in [3.05, 3.63) is 27.9 Å². The van der Waals surface area contributed by atoms with Crippen LogP contribution in [-0.4, -0.2) is 27.0 Å². The van der Waals surface area contributed by atoms with Crippen LogP contribution < -0.4 is 5.32 Å². The van der Waals surface area contributed by atoms with E-state index in [-0.39, 0.29) is 17.4 Å². The highest BCUT2D eigenvalue weighted by Crippen LogP contribution is 2.24. The number of aliphatic carboxylic acids is 1. The van der Waals surface area contributed by atoms with Crippen molar-refractivity contribution < 1.29 is 14.8 Å². The fourth-order valence-corrected chi connectivity index (χ4v) is 1.47. The second kappa shape index (κ2) is 5.44. The van der Waals surface area contributed by atoms with Gasteiger partial charge in [0.05, 0.1) is 4.92 Å². The lowest BCUT2D eigenvalue weighted by Crippen LogP contribution is -2.34. The molecule has 1 rings (SSSR count). The summed E-state index contributed by atoms with van der Waals surface area (Å²) in [5.41, 5.74) is 0.422. The van der Waals surface area contributed by atoms with Crippen LogP contribution in [0.25, 0.3) is 0 Å². The van der Waals surface area contributed by atoms with Crippen LogP contribution in [-0.2, 0) is 4.79 Å². The Bertz CT molecular complexity index is 473. The molecule has 0 aliphatic carbocycles. The lowest BCUT2D eigenvalue weighted by molar-refractivity contribution is -0.384. The number of nitrogens with zero attached hydrogens (tertiary/aromatic N) is 2. The van der Waals surface area contributed by atoms with Gasteiger partial charge in [-0.05, 0) is 18.4 Å². The molecule has 0 fully saturated rings. The first-order valence-corrected chi connectivity index (χ1v) is 5.43. The summed E-state index contributed by atoms with van der Waals surface area (Å²) >= 11 is 0. The number of carbonyl (C=O) groups is 1. The summed E-state index contributed by atoms with van der Waals surface area (Å²) in [4.78, 5) is 25.2. The first kappa shape index (κ1) is 13.9. The van der Waals surface area contributed by atoms with Crippen LogP contribution in [0.15, 0.2) is 12.3 Å². The monoisotopic (exact) mass is 253 g/mol. The fraction of sp³-hybridized carbons (Fsp3) is 0.455. The normalized spacial score (nSPS) is 12.2. The van der Waals surface area contributed by atoms with E-state index in [0.29, 0.717) is 5.56 Å². The van der Waals surface area contributed by atoms with E-state index >= 15 is 0 Å².